The molecule has 110 valence electrons. The summed E-state index contributed by atoms with van der Waals surface area (Å²) in [6.07, 6.45) is 0. The summed E-state index contributed by atoms with van der Waals surface area (Å²) in [4.78, 5) is 17.9. The van der Waals surface area contributed by atoms with Gasteiger partial charge in [-0.3, -0.25) is 0 Å². The number of rotatable bonds is 1. The fourth-order valence-corrected chi connectivity index (χ4v) is 3.46. The van der Waals surface area contributed by atoms with E-state index in [4.69, 9.17) is 0 Å². The van der Waals surface area contributed by atoms with E-state index in [-0.39, 0.29) is 5.69 Å². The molecule has 4 rings (SSSR count). The largest absolute Gasteiger partial charge is 0.477 e. The minimum absolute atomic E-state index is 0.270. The Labute approximate surface area is 126 Å². The van der Waals surface area contributed by atoms with Crippen molar-refractivity contribution in [2.75, 3.05) is 0 Å². The summed E-state index contributed by atoms with van der Waals surface area (Å²) >= 11 is 0. The van der Waals surface area contributed by atoms with Crippen LogP contribution in [0.15, 0.2) is 24.3 Å². The highest BCUT2D eigenvalue weighted by Crippen LogP contribution is 2.35. The number of nitrogens with one attached hydrogen (secondary N) is 2. The summed E-state index contributed by atoms with van der Waals surface area (Å²) < 4.78 is 0. The summed E-state index contributed by atoms with van der Waals surface area (Å²) in [5, 5.41) is 12.6. The maximum absolute atomic E-state index is 11.4. The molecule has 0 aliphatic carbocycles. The molecule has 0 amide bonds. The molecular formula is C18H16N2O2. The third-order valence-corrected chi connectivity index (χ3v) is 4.53. The average molecular weight is 292 g/mol. The van der Waals surface area contributed by atoms with Gasteiger partial charge in [-0.05, 0) is 50.1 Å². The van der Waals surface area contributed by atoms with Gasteiger partial charge in [0.1, 0.15) is 5.69 Å². The van der Waals surface area contributed by atoms with Gasteiger partial charge < -0.3 is 15.1 Å². The van der Waals surface area contributed by atoms with E-state index in [0.29, 0.717) is 0 Å². The lowest BCUT2D eigenvalue weighted by Crippen LogP contribution is -1.98. The molecule has 0 unspecified atom stereocenters. The van der Waals surface area contributed by atoms with Crippen molar-refractivity contribution >= 4 is 38.7 Å². The summed E-state index contributed by atoms with van der Waals surface area (Å²) in [6.45, 7) is 5.97. The zero-order valence-electron chi connectivity index (χ0n) is 12.7. The Bertz CT molecular complexity index is 1080. The monoisotopic (exact) mass is 292 g/mol. The number of fused-ring (bicyclic) bond motifs is 4. The lowest BCUT2D eigenvalue weighted by molar-refractivity contribution is 0.0691. The number of aryl methyl sites for hydroxylation is 3. The van der Waals surface area contributed by atoms with Crippen LogP contribution in [0.2, 0.25) is 0 Å². The fraction of sp³-hybridized carbons (Fsp3) is 0.167. The van der Waals surface area contributed by atoms with Gasteiger partial charge in [-0.25, -0.2) is 4.79 Å². The van der Waals surface area contributed by atoms with Crippen LogP contribution < -0.4 is 0 Å². The first-order valence-electron chi connectivity index (χ1n) is 7.24. The van der Waals surface area contributed by atoms with Crippen molar-refractivity contribution in [3.63, 3.8) is 0 Å². The summed E-state index contributed by atoms with van der Waals surface area (Å²) in [6, 6.07) is 8.39. The van der Waals surface area contributed by atoms with Gasteiger partial charge in [0, 0.05) is 27.2 Å². The highest BCUT2D eigenvalue weighted by Gasteiger charge is 2.18. The van der Waals surface area contributed by atoms with Crippen LogP contribution in [0, 0.1) is 20.8 Å². The van der Waals surface area contributed by atoms with Crippen LogP contribution in [0.5, 0.6) is 0 Å². The van der Waals surface area contributed by atoms with Crippen molar-refractivity contribution in [3.8, 4) is 0 Å². The third-order valence-electron chi connectivity index (χ3n) is 4.53. The molecule has 2 heterocycles. The molecule has 0 aliphatic rings. The lowest BCUT2D eigenvalue weighted by Gasteiger charge is -2.01. The van der Waals surface area contributed by atoms with Gasteiger partial charge in [-0.15, -0.1) is 0 Å². The quantitative estimate of drug-likeness (QED) is 0.486. The van der Waals surface area contributed by atoms with E-state index in [0.717, 1.165) is 38.4 Å². The molecule has 3 N–H and O–H groups in total. The standard InChI is InChI=1S/C18H16N2O2/c1-8-4-5-13-11(6-8)12-7-14-15(9(2)16(12)19-13)10(3)17(20-14)18(21)22/h4-7,19-20H,1-3H3,(H,21,22). The summed E-state index contributed by atoms with van der Waals surface area (Å²) in [7, 11) is 0. The zero-order chi connectivity index (χ0) is 15.6. The summed E-state index contributed by atoms with van der Waals surface area (Å²) in [5.74, 6) is -0.919. The Morgan fingerprint density at radius 1 is 0.955 bits per heavy atom. The number of benzene rings is 2. The molecule has 4 heteroatoms. The van der Waals surface area contributed by atoms with Crippen molar-refractivity contribution in [2.45, 2.75) is 20.8 Å². The maximum Gasteiger partial charge on any atom is 0.352 e. The molecule has 0 saturated carbocycles. The van der Waals surface area contributed by atoms with Crippen LogP contribution in [0.4, 0.5) is 0 Å². The molecule has 0 fully saturated rings. The van der Waals surface area contributed by atoms with Crippen molar-refractivity contribution in [1.82, 2.24) is 9.97 Å². The van der Waals surface area contributed by atoms with Crippen molar-refractivity contribution in [1.29, 1.82) is 0 Å². The Kier molecular flexibility index (Phi) is 2.43. The molecule has 2 aromatic heterocycles. The van der Waals surface area contributed by atoms with Crippen LogP contribution in [-0.2, 0) is 0 Å². The van der Waals surface area contributed by atoms with Crippen LogP contribution >= 0.6 is 0 Å². The van der Waals surface area contributed by atoms with E-state index < -0.39 is 5.97 Å². The predicted octanol–water partition coefficient (Wildman–Crippen LogP) is 4.43. The van der Waals surface area contributed by atoms with E-state index in [9.17, 15) is 9.90 Å². The number of aromatic nitrogens is 2. The van der Waals surface area contributed by atoms with Gasteiger partial charge >= 0.3 is 5.97 Å². The maximum atomic E-state index is 11.4. The molecule has 0 saturated heterocycles. The average Bonchev–Trinajstić information content (AvgIpc) is 2.98. The molecule has 0 atom stereocenters. The van der Waals surface area contributed by atoms with Gasteiger partial charge in [-0.1, -0.05) is 11.6 Å². The smallest absolute Gasteiger partial charge is 0.352 e. The first-order valence-corrected chi connectivity index (χ1v) is 7.24. The molecule has 4 nitrogen and oxygen atoms in total. The first kappa shape index (κ1) is 13.0. The molecular weight excluding hydrogens is 276 g/mol. The van der Waals surface area contributed by atoms with Crippen LogP contribution in [0.3, 0.4) is 0 Å². The summed E-state index contributed by atoms with van der Waals surface area (Å²) in [5.41, 5.74) is 6.41. The molecule has 0 bridgehead atoms. The van der Waals surface area contributed by atoms with Crippen LogP contribution in [-0.4, -0.2) is 21.0 Å². The van der Waals surface area contributed by atoms with Crippen molar-refractivity contribution in [2.24, 2.45) is 0 Å². The van der Waals surface area contributed by atoms with Gasteiger partial charge in [0.2, 0.25) is 0 Å². The number of hydrogen-bond donors (Lipinski definition) is 3. The van der Waals surface area contributed by atoms with Gasteiger partial charge in [0.25, 0.3) is 0 Å². The van der Waals surface area contributed by atoms with Gasteiger partial charge in [0.15, 0.2) is 0 Å². The van der Waals surface area contributed by atoms with Crippen LogP contribution in [0.1, 0.15) is 27.2 Å². The number of carbonyl (C=O) groups is 1. The van der Waals surface area contributed by atoms with Gasteiger partial charge in [0.05, 0.1) is 5.52 Å². The minimum Gasteiger partial charge on any atom is -0.477 e. The zero-order valence-corrected chi connectivity index (χ0v) is 12.7. The number of carboxylic acids is 1. The van der Waals surface area contributed by atoms with E-state index in [1.165, 1.54) is 10.9 Å². The number of H-pyrrole nitrogens is 2. The minimum atomic E-state index is -0.919. The Hall–Kier alpha value is -2.75. The highest BCUT2D eigenvalue weighted by molar-refractivity contribution is 6.15. The Morgan fingerprint density at radius 2 is 1.73 bits per heavy atom. The normalized spacial score (nSPS) is 11.8. The van der Waals surface area contributed by atoms with E-state index >= 15 is 0 Å². The third kappa shape index (κ3) is 1.55. The van der Waals surface area contributed by atoms with Crippen LogP contribution in [0.25, 0.3) is 32.7 Å². The molecule has 0 spiro atoms. The first-order chi connectivity index (χ1) is 10.5. The topological polar surface area (TPSA) is 68.9 Å². The number of aromatic carboxylic acids is 1. The number of carboxylic acid groups (broad SMARTS) is 1. The molecule has 22 heavy (non-hydrogen) atoms. The van der Waals surface area contributed by atoms with E-state index in [1.807, 2.05) is 13.8 Å². The van der Waals surface area contributed by atoms with E-state index in [1.54, 1.807) is 0 Å². The number of hydrogen-bond acceptors (Lipinski definition) is 1. The second kappa shape index (κ2) is 4.13. The highest BCUT2D eigenvalue weighted by atomic mass is 16.4. The Morgan fingerprint density at radius 3 is 2.45 bits per heavy atom. The van der Waals surface area contributed by atoms with E-state index in [2.05, 4.69) is 41.2 Å². The molecule has 0 aliphatic heterocycles. The van der Waals surface area contributed by atoms with Gasteiger partial charge in [-0.2, -0.15) is 0 Å². The second-order valence-electron chi connectivity index (χ2n) is 5.95. The SMILES string of the molecule is Cc1ccc2[nH]c3c(C)c4c(C)c(C(=O)O)[nH]c4cc3c2c1. The lowest BCUT2D eigenvalue weighted by atomic mass is 10.0. The fourth-order valence-electron chi connectivity index (χ4n) is 3.46. The molecule has 4 aromatic rings. The predicted molar refractivity (Wildman–Crippen MR) is 88.8 cm³/mol. The number of aromatic amines is 2. The molecule has 2 aromatic carbocycles. The van der Waals surface area contributed by atoms with Crippen molar-refractivity contribution < 1.29 is 9.90 Å². The van der Waals surface area contributed by atoms with Crippen molar-refractivity contribution in [3.05, 3.63) is 46.6 Å². The second-order valence-corrected chi connectivity index (χ2v) is 5.95. The Balaban J connectivity index is 2.22. The molecule has 0 radical (unpaired) electrons.